The topological polar surface area (TPSA) is 145 Å². The first-order chi connectivity index (χ1) is 13.7. The van der Waals surface area contributed by atoms with Crippen LogP contribution in [0.15, 0.2) is 0 Å². The van der Waals surface area contributed by atoms with Crippen LogP contribution in [0.5, 0.6) is 0 Å². The van der Waals surface area contributed by atoms with Gasteiger partial charge in [-0.25, -0.2) is 0 Å². The molecule has 0 saturated carbocycles. The number of carbonyl (C=O) groups excluding carboxylic acids is 2. The first-order valence-electron chi connectivity index (χ1n) is 9.05. The van der Waals surface area contributed by atoms with Gasteiger partial charge in [-0.05, 0) is 6.54 Å². The van der Waals surface area contributed by atoms with Gasteiger partial charge in [-0.2, -0.15) is 0 Å². The number of nitrogens with zero attached hydrogens (tertiary/aromatic N) is 1. The lowest BCUT2D eigenvalue weighted by molar-refractivity contribution is -0.123. The van der Waals surface area contributed by atoms with Gasteiger partial charge in [0.15, 0.2) is 0 Å². The van der Waals surface area contributed by atoms with Crippen LogP contribution in [0.3, 0.4) is 0 Å². The Bertz CT molecular complexity index is 549. The zero-order chi connectivity index (χ0) is 22.3. The second kappa shape index (κ2) is 15.0. The molecule has 0 atom stereocenters. The summed E-state index contributed by atoms with van der Waals surface area (Å²) >= 11 is 0. The van der Waals surface area contributed by atoms with Crippen molar-refractivity contribution >= 4 is 27.0 Å². The third-order valence-corrected chi connectivity index (χ3v) is 7.49. The van der Waals surface area contributed by atoms with Crippen molar-refractivity contribution in [3.63, 3.8) is 0 Å². The van der Waals surface area contributed by atoms with Crippen LogP contribution in [-0.2, 0) is 36.8 Å². The fourth-order valence-electron chi connectivity index (χ4n) is 2.14. The lowest BCUT2D eigenvalue weighted by Crippen LogP contribution is -2.41. The number of rotatable bonds is 17. The molecule has 0 aliphatic heterocycles. The van der Waals surface area contributed by atoms with Gasteiger partial charge >= 0.3 is 15.2 Å². The van der Waals surface area contributed by atoms with Crippen molar-refractivity contribution < 1.29 is 36.8 Å². The zero-order valence-corrected chi connectivity index (χ0v) is 19.6. The van der Waals surface area contributed by atoms with Crippen LogP contribution in [0.2, 0.25) is 0 Å². The highest BCUT2D eigenvalue weighted by atomic mass is 31.2. The molecule has 0 fully saturated rings. The van der Waals surface area contributed by atoms with Crippen molar-refractivity contribution in [3.8, 4) is 0 Å². The Labute approximate surface area is 172 Å². The predicted octanol–water partition coefficient (Wildman–Crippen LogP) is 0.407. The van der Waals surface area contributed by atoms with Crippen molar-refractivity contribution in [2.45, 2.75) is 13.3 Å². The minimum atomic E-state index is -3.51. The molecule has 0 rings (SSSR count). The molecule has 0 aromatic carbocycles. The van der Waals surface area contributed by atoms with Crippen LogP contribution in [0.4, 0.5) is 0 Å². The molecule has 29 heavy (non-hydrogen) atoms. The zero-order valence-electron chi connectivity index (χ0n) is 17.8. The Morgan fingerprint density at radius 3 is 1.66 bits per heavy atom. The maximum Gasteiger partial charge on any atom is 0.344 e. The van der Waals surface area contributed by atoms with Gasteiger partial charge < -0.3 is 34.0 Å². The lowest BCUT2D eigenvalue weighted by Gasteiger charge is -2.27. The first kappa shape index (κ1) is 28.2. The van der Waals surface area contributed by atoms with E-state index in [2.05, 4.69) is 16.0 Å². The summed E-state index contributed by atoms with van der Waals surface area (Å²) in [7, 11) is -2.15. The molecule has 172 valence electrons. The SMILES string of the molecule is CCNCCC(=O)NCCNC(=O)CN(CP(=O)(OC)OC)CP(=O)(OC)OC. The highest BCUT2D eigenvalue weighted by Crippen LogP contribution is 2.51. The van der Waals surface area contributed by atoms with Crippen molar-refractivity contribution in [3.05, 3.63) is 0 Å². The van der Waals surface area contributed by atoms with Gasteiger partial charge in [0, 0.05) is 54.5 Å². The highest BCUT2D eigenvalue weighted by molar-refractivity contribution is 7.54. The standard InChI is InChI=1S/C15H34N4O8P2/c1-6-16-8-7-14(20)17-9-10-18-15(21)11-19(12-28(22,24-2)25-3)13-29(23,26-4)27-5/h16H,6-13H2,1-5H3,(H,17,20)(H,18,21). The van der Waals surface area contributed by atoms with E-state index in [9.17, 15) is 18.7 Å². The summed E-state index contributed by atoms with van der Waals surface area (Å²) in [5.41, 5.74) is 0. The van der Waals surface area contributed by atoms with Gasteiger partial charge in [-0.15, -0.1) is 0 Å². The van der Waals surface area contributed by atoms with Gasteiger partial charge in [0.05, 0.1) is 6.54 Å². The second-order valence-corrected chi connectivity index (χ2v) is 10.3. The Kier molecular flexibility index (Phi) is 14.6. The van der Waals surface area contributed by atoms with E-state index in [1.807, 2.05) is 6.92 Å². The minimum absolute atomic E-state index is 0.121. The van der Waals surface area contributed by atoms with Gasteiger partial charge in [0.25, 0.3) is 0 Å². The number of carbonyl (C=O) groups is 2. The largest absolute Gasteiger partial charge is 0.354 e. The van der Waals surface area contributed by atoms with Crippen molar-refractivity contribution in [2.24, 2.45) is 0 Å². The third-order valence-electron chi connectivity index (χ3n) is 3.77. The smallest absolute Gasteiger partial charge is 0.344 e. The third kappa shape index (κ3) is 12.5. The number of hydrogen-bond acceptors (Lipinski definition) is 10. The molecular weight excluding hydrogens is 426 g/mol. The molecule has 0 spiro atoms. The molecule has 14 heteroatoms. The lowest BCUT2D eigenvalue weighted by atomic mass is 10.4. The Morgan fingerprint density at radius 2 is 1.24 bits per heavy atom. The van der Waals surface area contributed by atoms with Crippen molar-refractivity contribution in [1.29, 1.82) is 0 Å². The van der Waals surface area contributed by atoms with Gasteiger partial charge in [0.1, 0.15) is 12.6 Å². The van der Waals surface area contributed by atoms with E-state index >= 15 is 0 Å². The fraction of sp³-hybridized carbons (Fsp3) is 0.867. The Hall–Kier alpha value is -0.840. The minimum Gasteiger partial charge on any atom is -0.354 e. The molecule has 12 nitrogen and oxygen atoms in total. The summed E-state index contributed by atoms with van der Waals surface area (Å²) in [6.45, 7) is 3.55. The molecule has 0 bridgehead atoms. The number of nitrogens with one attached hydrogen (secondary N) is 3. The van der Waals surface area contributed by atoms with Gasteiger partial charge in [-0.1, -0.05) is 6.92 Å². The molecule has 0 aliphatic rings. The molecular formula is C15H34N4O8P2. The van der Waals surface area contributed by atoms with E-state index in [0.717, 1.165) is 6.54 Å². The van der Waals surface area contributed by atoms with Gasteiger partial charge in [-0.3, -0.25) is 23.6 Å². The highest BCUT2D eigenvalue weighted by Gasteiger charge is 2.32. The average molecular weight is 460 g/mol. The monoisotopic (exact) mass is 460 g/mol. The first-order valence-corrected chi connectivity index (χ1v) is 12.5. The van der Waals surface area contributed by atoms with Gasteiger partial charge in [0.2, 0.25) is 11.8 Å². The van der Waals surface area contributed by atoms with Crippen LogP contribution in [0.25, 0.3) is 0 Å². The molecule has 0 heterocycles. The summed E-state index contributed by atoms with van der Waals surface area (Å²) < 4.78 is 44.3. The molecule has 3 N–H and O–H groups in total. The molecule has 0 aliphatic carbocycles. The van der Waals surface area contributed by atoms with Crippen LogP contribution >= 0.6 is 15.2 Å². The van der Waals surface area contributed by atoms with E-state index in [0.29, 0.717) is 13.0 Å². The van der Waals surface area contributed by atoms with E-state index in [4.69, 9.17) is 18.1 Å². The van der Waals surface area contributed by atoms with Crippen molar-refractivity contribution in [2.75, 3.05) is 73.7 Å². The molecule has 0 aromatic rings. The van der Waals surface area contributed by atoms with Crippen molar-refractivity contribution in [1.82, 2.24) is 20.9 Å². The Morgan fingerprint density at radius 1 is 0.793 bits per heavy atom. The summed E-state index contributed by atoms with van der Waals surface area (Å²) in [6, 6.07) is 0. The molecule has 0 unspecified atom stereocenters. The molecule has 0 radical (unpaired) electrons. The fourth-order valence-corrected chi connectivity index (χ4v) is 4.44. The summed E-state index contributed by atoms with van der Waals surface area (Å²) in [4.78, 5) is 25.1. The normalized spacial score (nSPS) is 12.2. The molecule has 2 amide bonds. The maximum absolute atomic E-state index is 12.4. The van der Waals surface area contributed by atoms with Crippen LogP contribution < -0.4 is 16.0 Å². The number of amides is 2. The second-order valence-electron chi connectivity index (χ2n) is 5.87. The molecule has 0 saturated heterocycles. The maximum atomic E-state index is 12.4. The number of hydrogen-bond donors (Lipinski definition) is 3. The molecule has 0 aromatic heterocycles. The summed E-state index contributed by atoms with van der Waals surface area (Å²) in [5, 5.41) is 8.36. The van der Waals surface area contributed by atoms with E-state index in [1.54, 1.807) is 0 Å². The van der Waals surface area contributed by atoms with E-state index in [1.165, 1.54) is 33.3 Å². The van der Waals surface area contributed by atoms with E-state index < -0.39 is 21.1 Å². The Balaban J connectivity index is 4.65. The predicted molar refractivity (Wildman–Crippen MR) is 109 cm³/mol. The van der Waals surface area contributed by atoms with Crippen LogP contribution in [0.1, 0.15) is 13.3 Å². The summed E-state index contributed by atoms with van der Waals surface area (Å²) in [6.07, 6.45) is -0.223. The average Bonchev–Trinajstić information content (AvgIpc) is 2.71. The van der Waals surface area contributed by atoms with E-state index in [-0.39, 0.29) is 38.1 Å². The van der Waals surface area contributed by atoms with Crippen LogP contribution in [0, 0.1) is 0 Å². The quantitative estimate of drug-likeness (QED) is 0.206. The van der Waals surface area contributed by atoms with Crippen LogP contribution in [-0.4, -0.2) is 90.4 Å². The summed E-state index contributed by atoms with van der Waals surface area (Å²) in [5.74, 6) is -0.548.